The van der Waals surface area contributed by atoms with Gasteiger partial charge in [-0.1, -0.05) is 32.9 Å². The van der Waals surface area contributed by atoms with Crippen LogP contribution in [0.5, 0.6) is 0 Å². The first-order valence-electron chi connectivity index (χ1n) is 7.43. The number of amides is 2. The van der Waals surface area contributed by atoms with Gasteiger partial charge in [0.15, 0.2) is 5.82 Å². The minimum Gasteiger partial charge on any atom is -0.453 e. The third-order valence-electron chi connectivity index (χ3n) is 3.04. The van der Waals surface area contributed by atoms with Crippen molar-refractivity contribution >= 4 is 29.1 Å². The number of urea groups is 1. The standard InChI is InChI=1S/C15H25N3O4S/c1-8-10(2)21-14(20)23-18(13(19)17(6)7)12-9-11(22-16-12)15(3,4)5/h9-10H,8H2,1-7H3. The summed E-state index contributed by atoms with van der Waals surface area (Å²) in [5.41, 5.74) is -0.250. The molecule has 23 heavy (non-hydrogen) atoms. The van der Waals surface area contributed by atoms with Crippen LogP contribution in [0.4, 0.5) is 15.4 Å². The number of ether oxygens (including phenoxy) is 1. The zero-order chi connectivity index (χ0) is 17.8. The molecule has 2 amide bonds. The van der Waals surface area contributed by atoms with Gasteiger partial charge in [-0.25, -0.2) is 13.9 Å². The van der Waals surface area contributed by atoms with E-state index >= 15 is 0 Å². The van der Waals surface area contributed by atoms with Crippen molar-refractivity contribution < 1.29 is 18.8 Å². The van der Waals surface area contributed by atoms with Crippen LogP contribution in [0.2, 0.25) is 0 Å². The molecule has 8 heteroatoms. The van der Waals surface area contributed by atoms with Gasteiger partial charge in [0.25, 0.3) is 0 Å². The van der Waals surface area contributed by atoms with E-state index in [-0.39, 0.29) is 17.3 Å². The van der Waals surface area contributed by atoms with E-state index in [1.165, 1.54) is 9.21 Å². The molecule has 1 aromatic heterocycles. The third kappa shape index (κ3) is 5.46. The predicted octanol–water partition coefficient (Wildman–Crippen LogP) is 4.04. The predicted molar refractivity (Wildman–Crippen MR) is 90.6 cm³/mol. The Kier molecular flexibility index (Phi) is 6.49. The molecule has 0 spiro atoms. The molecule has 0 saturated carbocycles. The molecule has 7 nitrogen and oxygen atoms in total. The van der Waals surface area contributed by atoms with Crippen molar-refractivity contribution in [3.63, 3.8) is 0 Å². The Balaban J connectivity index is 3.00. The highest BCUT2D eigenvalue weighted by atomic mass is 32.2. The van der Waals surface area contributed by atoms with Gasteiger partial charge in [-0.05, 0) is 13.3 Å². The van der Waals surface area contributed by atoms with Crippen LogP contribution < -0.4 is 4.31 Å². The molecule has 0 aromatic carbocycles. The normalized spacial score (nSPS) is 12.7. The van der Waals surface area contributed by atoms with E-state index in [0.717, 1.165) is 0 Å². The molecular formula is C15H25N3O4S. The summed E-state index contributed by atoms with van der Waals surface area (Å²) in [6.45, 7) is 9.63. The molecule has 0 saturated heterocycles. The Hall–Kier alpha value is -1.70. The number of hydrogen-bond acceptors (Lipinski definition) is 6. The van der Waals surface area contributed by atoms with E-state index in [9.17, 15) is 9.59 Å². The van der Waals surface area contributed by atoms with Gasteiger partial charge in [-0.2, -0.15) is 0 Å². The molecule has 0 fully saturated rings. The molecule has 1 rings (SSSR count). The van der Waals surface area contributed by atoms with Crippen LogP contribution in [0.1, 0.15) is 46.8 Å². The first-order chi connectivity index (χ1) is 10.6. The SMILES string of the molecule is CCC(C)OC(=O)SN(C(=O)N(C)C)c1cc(C(C)(C)C)on1. The lowest BCUT2D eigenvalue weighted by atomic mass is 9.93. The van der Waals surface area contributed by atoms with Crippen LogP contribution in [0.25, 0.3) is 0 Å². The van der Waals surface area contributed by atoms with Crippen molar-refractivity contribution in [2.45, 2.75) is 52.6 Å². The Morgan fingerprint density at radius 1 is 1.39 bits per heavy atom. The summed E-state index contributed by atoms with van der Waals surface area (Å²) in [5, 5.41) is 3.35. The molecule has 0 N–H and O–H groups in total. The topological polar surface area (TPSA) is 75.9 Å². The monoisotopic (exact) mass is 343 g/mol. The smallest absolute Gasteiger partial charge is 0.389 e. The number of nitrogens with zero attached hydrogens (tertiary/aromatic N) is 3. The molecule has 0 aliphatic heterocycles. The average molecular weight is 343 g/mol. The van der Waals surface area contributed by atoms with Gasteiger partial charge in [0.1, 0.15) is 5.76 Å². The Bertz CT molecular complexity index is 551. The zero-order valence-electron chi connectivity index (χ0n) is 14.7. The van der Waals surface area contributed by atoms with Crippen molar-refractivity contribution in [1.82, 2.24) is 10.1 Å². The summed E-state index contributed by atoms with van der Waals surface area (Å²) in [6.07, 6.45) is 0.486. The second-order valence-corrected chi connectivity index (χ2v) is 7.33. The number of rotatable bonds is 3. The maximum Gasteiger partial charge on any atom is 0.389 e. The van der Waals surface area contributed by atoms with Gasteiger partial charge in [-0.15, -0.1) is 0 Å². The van der Waals surface area contributed by atoms with Gasteiger partial charge in [0.2, 0.25) is 0 Å². The van der Waals surface area contributed by atoms with E-state index in [0.29, 0.717) is 24.1 Å². The lowest BCUT2D eigenvalue weighted by molar-refractivity contribution is 0.130. The maximum atomic E-state index is 12.3. The number of anilines is 1. The molecule has 1 heterocycles. The van der Waals surface area contributed by atoms with Crippen molar-refractivity contribution in [3.8, 4) is 0 Å². The van der Waals surface area contributed by atoms with Crippen LogP contribution in [0.15, 0.2) is 10.6 Å². The van der Waals surface area contributed by atoms with Crippen LogP contribution in [-0.4, -0.2) is 41.6 Å². The number of hydrogen-bond donors (Lipinski definition) is 0. The van der Waals surface area contributed by atoms with Crippen molar-refractivity contribution in [1.29, 1.82) is 0 Å². The molecule has 1 atom stereocenters. The van der Waals surface area contributed by atoms with Crippen molar-refractivity contribution in [2.75, 3.05) is 18.4 Å². The minimum atomic E-state index is -0.560. The number of aromatic nitrogens is 1. The van der Waals surface area contributed by atoms with E-state index in [1.54, 1.807) is 27.1 Å². The summed E-state index contributed by atoms with van der Waals surface area (Å²) in [6, 6.07) is 1.26. The molecule has 1 aromatic rings. The van der Waals surface area contributed by atoms with Crippen LogP contribution in [0.3, 0.4) is 0 Å². The van der Waals surface area contributed by atoms with Crippen LogP contribution in [0, 0.1) is 0 Å². The molecule has 0 aliphatic carbocycles. The second kappa shape index (κ2) is 7.72. The molecule has 130 valence electrons. The van der Waals surface area contributed by atoms with E-state index in [1.807, 2.05) is 27.7 Å². The highest BCUT2D eigenvalue weighted by molar-refractivity contribution is 8.15. The summed E-state index contributed by atoms with van der Waals surface area (Å²) in [5.74, 6) is 0.889. The van der Waals surface area contributed by atoms with Gasteiger partial charge < -0.3 is 14.2 Å². The van der Waals surface area contributed by atoms with Crippen molar-refractivity contribution in [2.24, 2.45) is 0 Å². The number of carbonyl (C=O) groups excluding carboxylic acids is 2. The highest BCUT2D eigenvalue weighted by Gasteiger charge is 2.29. The average Bonchev–Trinajstić information content (AvgIpc) is 2.93. The molecule has 0 radical (unpaired) electrons. The maximum absolute atomic E-state index is 12.3. The Morgan fingerprint density at radius 2 is 2.00 bits per heavy atom. The van der Waals surface area contributed by atoms with E-state index in [2.05, 4.69) is 5.16 Å². The summed E-state index contributed by atoms with van der Waals surface area (Å²) in [7, 11) is 3.20. The van der Waals surface area contributed by atoms with Crippen LogP contribution >= 0.6 is 11.9 Å². The van der Waals surface area contributed by atoms with E-state index < -0.39 is 11.3 Å². The van der Waals surface area contributed by atoms with Gasteiger partial charge in [0, 0.05) is 25.6 Å². The number of carbonyl (C=O) groups is 2. The first-order valence-corrected chi connectivity index (χ1v) is 8.20. The second-order valence-electron chi connectivity index (χ2n) is 6.45. The lowest BCUT2D eigenvalue weighted by Gasteiger charge is -2.21. The van der Waals surface area contributed by atoms with E-state index in [4.69, 9.17) is 9.26 Å². The molecule has 1 unspecified atom stereocenters. The zero-order valence-corrected chi connectivity index (χ0v) is 15.6. The van der Waals surface area contributed by atoms with Crippen molar-refractivity contribution in [3.05, 3.63) is 11.8 Å². The Labute approximate surface area is 141 Å². The highest BCUT2D eigenvalue weighted by Crippen LogP contribution is 2.30. The molecule has 0 bridgehead atoms. The minimum absolute atomic E-state index is 0.214. The summed E-state index contributed by atoms with van der Waals surface area (Å²) in [4.78, 5) is 25.7. The molecule has 0 aliphatic rings. The van der Waals surface area contributed by atoms with Gasteiger partial charge >= 0.3 is 11.3 Å². The summed E-state index contributed by atoms with van der Waals surface area (Å²) < 4.78 is 11.7. The Morgan fingerprint density at radius 3 is 2.43 bits per heavy atom. The lowest BCUT2D eigenvalue weighted by Crippen LogP contribution is -2.36. The third-order valence-corrected chi connectivity index (χ3v) is 3.81. The fourth-order valence-electron chi connectivity index (χ4n) is 1.42. The fraction of sp³-hybridized carbons (Fsp3) is 0.667. The first kappa shape index (κ1) is 19.3. The summed E-state index contributed by atoms with van der Waals surface area (Å²) >= 11 is 0.660. The largest absolute Gasteiger partial charge is 0.453 e. The quantitative estimate of drug-likeness (QED) is 0.609. The van der Waals surface area contributed by atoms with Gasteiger partial charge in [0.05, 0.1) is 18.1 Å². The van der Waals surface area contributed by atoms with Gasteiger partial charge in [-0.3, -0.25) is 0 Å². The van der Waals surface area contributed by atoms with Crippen LogP contribution in [-0.2, 0) is 10.2 Å². The fourth-order valence-corrected chi connectivity index (χ4v) is 2.20. The molecular weight excluding hydrogens is 318 g/mol.